The highest BCUT2D eigenvalue weighted by atomic mass is 16.6. The Labute approximate surface area is 133 Å². The third kappa shape index (κ3) is 4.43. The van der Waals surface area contributed by atoms with Crippen molar-refractivity contribution in [3.05, 3.63) is 66.5 Å². The van der Waals surface area contributed by atoms with Gasteiger partial charge in [-0.05, 0) is 6.07 Å². The molecule has 0 atom stereocenters. The zero-order chi connectivity index (χ0) is 17.5. The van der Waals surface area contributed by atoms with E-state index >= 15 is 0 Å². The van der Waals surface area contributed by atoms with Crippen LogP contribution in [-0.2, 0) is 11.2 Å². The second-order valence-electron chi connectivity index (χ2n) is 4.56. The molecule has 24 heavy (non-hydrogen) atoms. The van der Waals surface area contributed by atoms with Crippen LogP contribution in [0.2, 0.25) is 0 Å². The zero-order valence-corrected chi connectivity index (χ0v) is 12.2. The predicted octanol–water partition coefficient (Wildman–Crippen LogP) is -0.551. The van der Waals surface area contributed by atoms with E-state index in [9.17, 15) is 24.5 Å². The second-order valence-corrected chi connectivity index (χ2v) is 4.56. The van der Waals surface area contributed by atoms with E-state index < -0.39 is 22.1 Å². The lowest BCUT2D eigenvalue weighted by atomic mass is 10.2. The summed E-state index contributed by atoms with van der Waals surface area (Å²) in [7, 11) is 0. The fraction of sp³-hybridized carbons (Fsp3) is 0.154. The highest BCUT2D eigenvalue weighted by Crippen LogP contribution is 2.14. The maximum absolute atomic E-state index is 11.6. The number of rotatable bonds is 6. The minimum Gasteiger partial charge on any atom is -0.273 e. The van der Waals surface area contributed by atoms with E-state index in [4.69, 9.17) is 0 Å². The normalized spacial score (nSPS) is 10.7. The number of hydrogen-bond donors (Lipinski definition) is 3. The summed E-state index contributed by atoms with van der Waals surface area (Å²) in [5, 5.41) is 20.1. The van der Waals surface area contributed by atoms with E-state index in [2.05, 4.69) is 20.7 Å². The Bertz CT molecular complexity index is 900. The number of nitro benzene ring substituents is 1. The molecule has 0 aliphatic rings. The second kappa shape index (κ2) is 7.58. The first-order chi connectivity index (χ1) is 11.5. The molecule has 0 aliphatic heterocycles. The minimum absolute atomic E-state index is 0.00104. The Morgan fingerprint density at radius 3 is 2.83 bits per heavy atom. The van der Waals surface area contributed by atoms with Crippen molar-refractivity contribution in [1.29, 1.82) is 0 Å². The molecule has 0 radical (unpaired) electrons. The smallest absolute Gasteiger partial charge is 0.273 e. The van der Waals surface area contributed by atoms with Gasteiger partial charge in [-0.3, -0.25) is 24.7 Å². The van der Waals surface area contributed by atoms with Crippen molar-refractivity contribution in [3.63, 3.8) is 0 Å². The lowest BCUT2D eigenvalue weighted by Crippen LogP contribution is -2.28. The van der Waals surface area contributed by atoms with Crippen LogP contribution in [0.3, 0.4) is 0 Å². The summed E-state index contributed by atoms with van der Waals surface area (Å²) in [6.45, 7) is 0. The van der Waals surface area contributed by atoms with Gasteiger partial charge in [-0.1, -0.05) is 12.1 Å². The van der Waals surface area contributed by atoms with Crippen molar-refractivity contribution >= 4 is 17.8 Å². The highest BCUT2D eigenvalue weighted by molar-refractivity contribution is 5.86. The Morgan fingerprint density at radius 2 is 2.12 bits per heavy atom. The van der Waals surface area contributed by atoms with Crippen molar-refractivity contribution in [3.8, 4) is 0 Å². The van der Waals surface area contributed by atoms with Gasteiger partial charge in [0, 0.05) is 18.9 Å². The van der Waals surface area contributed by atoms with Gasteiger partial charge in [0.05, 0.1) is 16.7 Å². The number of aromatic amines is 2. The number of nitrogens with zero attached hydrogens (tertiary/aromatic N) is 3. The van der Waals surface area contributed by atoms with Gasteiger partial charge >= 0.3 is 5.69 Å². The fourth-order valence-corrected chi connectivity index (χ4v) is 1.77. The summed E-state index contributed by atoms with van der Waals surface area (Å²) in [4.78, 5) is 46.1. The first-order valence-electron chi connectivity index (χ1n) is 6.70. The molecule has 0 spiro atoms. The summed E-state index contributed by atoms with van der Waals surface area (Å²) in [6, 6.07) is 5.92. The quantitative estimate of drug-likeness (QED) is 0.365. The maximum atomic E-state index is 11.6. The molecular weight excluding hydrogens is 320 g/mol. The van der Waals surface area contributed by atoms with E-state index in [0.717, 1.165) is 6.21 Å². The van der Waals surface area contributed by atoms with Crippen molar-refractivity contribution in [2.24, 2.45) is 5.10 Å². The molecule has 2 rings (SSSR count). The Hall–Kier alpha value is -3.63. The molecule has 0 saturated carbocycles. The van der Waals surface area contributed by atoms with Crippen LogP contribution >= 0.6 is 0 Å². The molecule has 0 unspecified atom stereocenters. The molecule has 11 nitrogen and oxygen atoms in total. The first-order valence-corrected chi connectivity index (χ1v) is 6.70. The average Bonchev–Trinajstić information content (AvgIpc) is 2.54. The van der Waals surface area contributed by atoms with Crippen LogP contribution in [0, 0.1) is 10.1 Å². The van der Waals surface area contributed by atoms with Crippen LogP contribution < -0.4 is 16.7 Å². The van der Waals surface area contributed by atoms with Gasteiger partial charge in [0.1, 0.15) is 5.69 Å². The van der Waals surface area contributed by atoms with E-state index in [1.807, 2.05) is 4.98 Å². The predicted molar refractivity (Wildman–Crippen MR) is 82.6 cm³/mol. The third-order valence-corrected chi connectivity index (χ3v) is 2.90. The lowest BCUT2D eigenvalue weighted by molar-refractivity contribution is -0.385. The van der Waals surface area contributed by atoms with E-state index in [1.54, 1.807) is 6.07 Å². The third-order valence-electron chi connectivity index (χ3n) is 2.90. The summed E-state index contributed by atoms with van der Waals surface area (Å²) >= 11 is 0. The number of aromatic nitrogens is 3. The van der Waals surface area contributed by atoms with Crippen LogP contribution in [0.1, 0.15) is 17.7 Å². The van der Waals surface area contributed by atoms with Crippen molar-refractivity contribution < 1.29 is 9.72 Å². The van der Waals surface area contributed by atoms with Gasteiger partial charge in [-0.15, -0.1) is 0 Å². The molecule has 1 aromatic carbocycles. The van der Waals surface area contributed by atoms with Gasteiger partial charge in [0.15, 0.2) is 0 Å². The van der Waals surface area contributed by atoms with E-state index in [0.29, 0.717) is 0 Å². The van der Waals surface area contributed by atoms with Crippen molar-refractivity contribution in [2.75, 3.05) is 0 Å². The molecule has 2 aromatic rings. The molecule has 3 N–H and O–H groups in total. The zero-order valence-electron chi connectivity index (χ0n) is 12.2. The topological polar surface area (TPSA) is 163 Å². The molecule has 1 aromatic heterocycles. The number of benzene rings is 1. The number of hydrogen-bond acceptors (Lipinski definition) is 7. The van der Waals surface area contributed by atoms with Gasteiger partial charge in [-0.2, -0.15) is 10.2 Å². The van der Waals surface area contributed by atoms with E-state index in [1.165, 1.54) is 18.2 Å². The molecule has 1 heterocycles. The van der Waals surface area contributed by atoms with Crippen molar-refractivity contribution in [1.82, 2.24) is 20.6 Å². The molecule has 1 amide bonds. The monoisotopic (exact) mass is 332 g/mol. The van der Waals surface area contributed by atoms with Crippen LogP contribution in [0.15, 0.2) is 39.0 Å². The molecular formula is C13H12N6O5. The number of para-hydroxylation sites is 1. The number of H-pyrrole nitrogens is 2. The SMILES string of the molecule is O=C(CCc1n[nH]c(=O)[nH]c1=O)NN=Cc1ccccc1[N+](=O)[O-]. The number of hydrazone groups is 1. The maximum Gasteiger partial charge on any atom is 0.342 e. The lowest BCUT2D eigenvalue weighted by Gasteiger charge is -1.99. The molecule has 0 fully saturated rings. The number of nitro groups is 1. The largest absolute Gasteiger partial charge is 0.342 e. The minimum atomic E-state index is -0.734. The van der Waals surface area contributed by atoms with E-state index in [-0.39, 0.29) is 29.8 Å². The number of carbonyl (C=O) groups is 1. The van der Waals surface area contributed by atoms with Crippen LogP contribution in [-0.4, -0.2) is 32.2 Å². The number of carbonyl (C=O) groups excluding carboxylic acids is 1. The summed E-state index contributed by atoms with van der Waals surface area (Å²) < 4.78 is 0. The number of aryl methyl sites for hydroxylation is 1. The summed E-state index contributed by atoms with van der Waals surface area (Å²) in [6.07, 6.45) is 1.05. The molecule has 0 aliphatic carbocycles. The fourth-order valence-electron chi connectivity index (χ4n) is 1.77. The summed E-state index contributed by atoms with van der Waals surface area (Å²) in [5.74, 6) is -0.516. The standard InChI is InChI=1S/C13H12N6O5/c20-11(6-5-9-12(21)15-13(22)18-16-9)17-14-7-8-3-1-2-4-10(8)19(23)24/h1-4,7H,5-6H2,(H,17,20)(H2,15,18,21,22). The highest BCUT2D eigenvalue weighted by Gasteiger charge is 2.10. The first kappa shape index (κ1) is 16.7. The molecule has 0 bridgehead atoms. The average molecular weight is 332 g/mol. The Morgan fingerprint density at radius 1 is 1.38 bits per heavy atom. The molecule has 124 valence electrons. The Balaban J connectivity index is 1.93. The molecule has 0 saturated heterocycles. The van der Waals surface area contributed by atoms with Crippen LogP contribution in [0.5, 0.6) is 0 Å². The van der Waals surface area contributed by atoms with Crippen LogP contribution in [0.4, 0.5) is 5.69 Å². The van der Waals surface area contributed by atoms with Crippen LogP contribution in [0.25, 0.3) is 0 Å². The summed E-state index contributed by atoms with van der Waals surface area (Å²) in [5.41, 5.74) is 0.894. The van der Waals surface area contributed by atoms with Gasteiger partial charge < -0.3 is 0 Å². The number of amides is 1. The van der Waals surface area contributed by atoms with Gasteiger partial charge in [0.25, 0.3) is 11.2 Å². The Kier molecular flexibility index (Phi) is 5.28. The van der Waals surface area contributed by atoms with Gasteiger partial charge in [0.2, 0.25) is 5.91 Å². The van der Waals surface area contributed by atoms with Gasteiger partial charge in [-0.25, -0.2) is 15.3 Å². The number of nitrogens with one attached hydrogen (secondary N) is 3. The molecule has 11 heteroatoms. The van der Waals surface area contributed by atoms with Crippen molar-refractivity contribution in [2.45, 2.75) is 12.8 Å².